The van der Waals surface area contributed by atoms with Crippen LogP contribution in [0.25, 0.3) is 22.1 Å². The van der Waals surface area contributed by atoms with Crippen LogP contribution in [-0.4, -0.2) is 30.6 Å². The highest BCUT2D eigenvalue weighted by atomic mass is 127. The first-order valence-electron chi connectivity index (χ1n) is 7.94. The van der Waals surface area contributed by atoms with E-state index in [-0.39, 0.29) is 18.0 Å². The van der Waals surface area contributed by atoms with Crippen LogP contribution in [0.4, 0.5) is 8.78 Å². The molecule has 0 aliphatic heterocycles. The highest BCUT2D eigenvalue weighted by molar-refractivity contribution is 14.1. The minimum absolute atomic E-state index is 0.275. The summed E-state index contributed by atoms with van der Waals surface area (Å²) in [7, 11) is 1.78. The fourth-order valence-electron chi connectivity index (χ4n) is 2.96. The van der Waals surface area contributed by atoms with Crippen molar-refractivity contribution < 1.29 is 13.5 Å². The van der Waals surface area contributed by atoms with Gasteiger partial charge in [0.25, 0.3) is 0 Å². The molecular weight excluding hydrogens is 487 g/mol. The fourth-order valence-corrected chi connectivity index (χ4v) is 4.16. The van der Waals surface area contributed by atoms with Crippen LogP contribution in [0.15, 0.2) is 35.5 Å². The van der Waals surface area contributed by atoms with E-state index in [0.29, 0.717) is 30.1 Å². The number of hydrogen-bond acceptors (Lipinski definition) is 5. The number of ether oxygens (including phenoxy) is 1. The number of aromatic nitrogens is 5. The van der Waals surface area contributed by atoms with E-state index in [4.69, 9.17) is 4.74 Å². The van der Waals surface area contributed by atoms with Crippen molar-refractivity contribution in [1.29, 1.82) is 0 Å². The Kier molecular flexibility index (Phi) is 4.93. The van der Waals surface area contributed by atoms with Crippen LogP contribution in [-0.2, 0) is 13.7 Å². The summed E-state index contributed by atoms with van der Waals surface area (Å²) in [5.74, 6) is 0.275. The Bertz CT molecular complexity index is 1130. The molecule has 0 saturated carbocycles. The Morgan fingerprint density at radius 3 is 2.59 bits per heavy atom. The molecule has 27 heavy (non-hydrogen) atoms. The normalized spacial score (nSPS) is 11.8. The number of aryl methyl sites for hydroxylation is 1. The minimum Gasteiger partial charge on any atom is -0.472 e. The average Bonchev–Trinajstić information content (AvgIpc) is 3.17. The number of rotatable bonds is 5. The summed E-state index contributed by atoms with van der Waals surface area (Å²) >= 11 is 3.32. The summed E-state index contributed by atoms with van der Waals surface area (Å²) in [6, 6.07) is 9.61. The third kappa shape index (κ3) is 3.14. The lowest BCUT2D eigenvalue weighted by Gasteiger charge is -2.09. The Morgan fingerprint density at radius 2 is 1.93 bits per heavy atom. The third-order valence-electron chi connectivity index (χ3n) is 4.16. The maximum Gasteiger partial charge on any atom is 0.333 e. The monoisotopic (exact) mass is 501 g/mol. The van der Waals surface area contributed by atoms with Gasteiger partial charge in [0.15, 0.2) is 10.8 Å². The van der Waals surface area contributed by atoms with Crippen molar-refractivity contribution in [3.63, 3.8) is 0 Å². The van der Waals surface area contributed by atoms with Crippen LogP contribution < -0.4 is 4.74 Å². The molecule has 0 aliphatic carbocycles. The Hall–Kier alpha value is -1.95. The van der Waals surface area contributed by atoms with Crippen LogP contribution in [0.2, 0.25) is 0 Å². The van der Waals surface area contributed by atoms with E-state index < -0.39 is 6.55 Å². The van der Waals surface area contributed by atoms with Crippen LogP contribution in [0, 0.1) is 3.70 Å². The molecule has 0 unspecified atom stereocenters. The zero-order valence-corrected chi connectivity index (χ0v) is 17.3. The number of benzene rings is 1. The van der Waals surface area contributed by atoms with E-state index in [1.165, 1.54) is 11.8 Å². The molecule has 140 valence electrons. The highest BCUT2D eigenvalue weighted by Crippen LogP contribution is 2.38. The SMILES string of the molecule is CSc1nc(OCc2ccccc2)c2c3c(c(I)nn3C(F)F)n(C)c2n1. The summed E-state index contributed by atoms with van der Waals surface area (Å²) in [5, 5.41) is 4.93. The average molecular weight is 501 g/mol. The van der Waals surface area contributed by atoms with Gasteiger partial charge in [-0.1, -0.05) is 42.1 Å². The van der Waals surface area contributed by atoms with E-state index in [1.807, 2.05) is 59.2 Å². The second kappa shape index (κ2) is 7.23. The number of halogens is 3. The fraction of sp³-hybridized carbons (Fsp3) is 0.235. The number of nitrogens with zero attached hydrogens (tertiary/aromatic N) is 5. The minimum atomic E-state index is -2.77. The number of thioether (sulfide) groups is 1. The Labute approximate surface area is 171 Å². The van der Waals surface area contributed by atoms with Gasteiger partial charge in [0.05, 0.1) is 0 Å². The van der Waals surface area contributed by atoms with Crippen LogP contribution in [0.1, 0.15) is 12.1 Å². The zero-order valence-electron chi connectivity index (χ0n) is 14.4. The van der Waals surface area contributed by atoms with Gasteiger partial charge in [0.1, 0.15) is 26.7 Å². The molecule has 1 aromatic carbocycles. The summed E-state index contributed by atoms with van der Waals surface area (Å²) in [4.78, 5) is 8.94. The van der Waals surface area contributed by atoms with Crippen molar-refractivity contribution in [2.75, 3.05) is 6.26 Å². The first-order valence-corrected chi connectivity index (χ1v) is 10.2. The standard InChI is InChI=1S/C17H14F2IN5OS/c1-24-12-11(25(16(18)19)23-13(12)20)10-14(24)21-17(27-2)22-15(10)26-8-9-6-4-3-5-7-9/h3-7,16H,8H2,1-2H3. The second-order valence-electron chi connectivity index (χ2n) is 5.76. The molecule has 10 heteroatoms. The second-order valence-corrected chi connectivity index (χ2v) is 7.55. The molecule has 0 N–H and O–H groups in total. The quantitative estimate of drug-likeness (QED) is 0.227. The van der Waals surface area contributed by atoms with Crippen molar-refractivity contribution in [3.8, 4) is 5.88 Å². The van der Waals surface area contributed by atoms with Gasteiger partial charge in [-0.2, -0.15) is 18.9 Å². The van der Waals surface area contributed by atoms with E-state index >= 15 is 0 Å². The molecule has 0 bridgehead atoms. The van der Waals surface area contributed by atoms with E-state index in [2.05, 4.69) is 15.1 Å². The van der Waals surface area contributed by atoms with Crippen LogP contribution in [0.3, 0.4) is 0 Å². The molecule has 4 rings (SSSR count). The van der Waals surface area contributed by atoms with Gasteiger partial charge in [0.2, 0.25) is 5.88 Å². The predicted molar refractivity (Wildman–Crippen MR) is 108 cm³/mol. The number of fused-ring (bicyclic) bond motifs is 3. The van der Waals surface area contributed by atoms with Crippen molar-refractivity contribution in [3.05, 3.63) is 39.6 Å². The van der Waals surface area contributed by atoms with Crippen molar-refractivity contribution in [2.24, 2.45) is 7.05 Å². The van der Waals surface area contributed by atoms with Gasteiger partial charge >= 0.3 is 6.55 Å². The Balaban J connectivity index is 1.95. The molecule has 3 heterocycles. The molecule has 6 nitrogen and oxygen atoms in total. The Morgan fingerprint density at radius 1 is 1.19 bits per heavy atom. The molecule has 4 aromatic rings. The molecule has 0 aliphatic rings. The van der Waals surface area contributed by atoms with Crippen molar-refractivity contribution in [1.82, 2.24) is 24.3 Å². The lowest BCUT2D eigenvalue weighted by Crippen LogP contribution is -2.04. The van der Waals surface area contributed by atoms with Gasteiger partial charge in [-0.15, -0.1) is 0 Å². The molecule has 0 fully saturated rings. The molecule has 3 aromatic heterocycles. The van der Waals surface area contributed by atoms with Crippen LogP contribution in [0.5, 0.6) is 5.88 Å². The molecule has 0 radical (unpaired) electrons. The maximum absolute atomic E-state index is 13.6. The topological polar surface area (TPSA) is 57.8 Å². The third-order valence-corrected chi connectivity index (χ3v) is 5.43. The molecule has 0 amide bonds. The van der Waals surface area contributed by atoms with Gasteiger partial charge < -0.3 is 9.30 Å². The molecular formula is C17H14F2IN5OS. The van der Waals surface area contributed by atoms with Crippen molar-refractivity contribution in [2.45, 2.75) is 18.3 Å². The van der Waals surface area contributed by atoms with Gasteiger partial charge in [0, 0.05) is 7.05 Å². The smallest absolute Gasteiger partial charge is 0.333 e. The van der Waals surface area contributed by atoms with E-state index in [9.17, 15) is 8.78 Å². The largest absolute Gasteiger partial charge is 0.472 e. The summed E-state index contributed by atoms with van der Waals surface area (Å²) in [6.45, 7) is -2.50. The van der Waals surface area contributed by atoms with Gasteiger partial charge in [-0.3, -0.25) is 0 Å². The lowest BCUT2D eigenvalue weighted by atomic mass is 10.2. The summed E-state index contributed by atoms with van der Waals surface area (Å²) < 4.78 is 36.0. The summed E-state index contributed by atoms with van der Waals surface area (Å²) in [5.41, 5.74) is 2.36. The first-order chi connectivity index (χ1) is 13.0. The van der Waals surface area contributed by atoms with Gasteiger partial charge in [-0.05, 0) is 34.4 Å². The lowest BCUT2D eigenvalue weighted by molar-refractivity contribution is 0.0613. The number of alkyl halides is 2. The van der Waals surface area contributed by atoms with Crippen molar-refractivity contribution >= 4 is 56.4 Å². The van der Waals surface area contributed by atoms with Gasteiger partial charge in [-0.25, -0.2) is 9.67 Å². The van der Waals surface area contributed by atoms with E-state index in [0.717, 1.165) is 5.56 Å². The number of hydrogen-bond donors (Lipinski definition) is 0. The molecule has 0 spiro atoms. The van der Waals surface area contributed by atoms with Crippen LogP contribution >= 0.6 is 34.4 Å². The highest BCUT2D eigenvalue weighted by Gasteiger charge is 2.26. The van der Waals surface area contributed by atoms with E-state index in [1.54, 1.807) is 11.6 Å². The summed E-state index contributed by atoms with van der Waals surface area (Å²) in [6.07, 6.45) is 1.86. The molecule has 0 saturated heterocycles. The first kappa shape index (κ1) is 18.4. The molecule has 0 atom stereocenters. The zero-order chi connectivity index (χ0) is 19.1. The predicted octanol–water partition coefficient (Wildman–Crippen LogP) is 4.62. The maximum atomic E-state index is 13.6.